The van der Waals surface area contributed by atoms with Crippen LogP contribution in [0.5, 0.6) is 0 Å². The Kier molecular flexibility index (Phi) is 4.03. The number of carbonyl (C=O) groups is 1. The van der Waals surface area contributed by atoms with Gasteiger partial charge in [0.2, 0.25) is 0 Å². The normalized spacial score (nSPS) is 22.6. The second-order valence-electron chi connectivity index (χ2n) is 8.89. The molecule has 3 aliphatic rings. The van der Waals surface area contributed by atoms with E-state index in [1.54, 1.807) is 0 Å². The quantitative estimate of drug-likeness (QED) is 0.706. The van der Waals surface area contributed by atoms with Crippen molar-refractivity contribution in [3.63, 3.8) is 0 Å². The SMILES string of the molecule is Cc1ccc(C(=O)NC2CC2)cc1-c1ccc2c(N3CC4CC3CN4)nncc2c1. The Balaban J connectivity index is 1.37. The highest BCUT2D eigenvalue weighted by atomic mass is 16.1. The fraction of sp³-hybridized carbons (Fsp3) is 0.375. The zero-order chi connectivity index (χ0) is 20.2. The maximum Gasteiger partial charge on any atom is 0.251 e. The van der Waals surface area contributed by atoms with Crippen LogP contribution in [0.3, 0.4) is 0 Å². The van der Waals surface area contributed by atoms with Gasteiger partial charge < -0.3 is 15.5 Å². The van der Waals surface area contributed by atoms with Crippen LogP contribution in [0.2, 0.25) is 0 Å². The topological polar surface area (TPSA) is 70.2 Å². The zero-order valence-electron chi connectivity index (χ0n) is 17.1. The molecule has 2 aliphatic heterocycles. The van der Waals surface area contributed by atoms with Crippen LogP contribution in [-0.2, 0) is 0 Å². The first-order valence-corrected chi connectivity index (χ1v) is 10.8. The highest BCUT2D eigenvalue weighted by Gasteiger charge is 2.38. The van der Waals surface area contributed by atoms with Crippen molar-refractivity contribution in [3.8, 4) is 11.1 Å². The molecule has 1 amide bonds. The first kappa shape index (κ1) is 17.8. The molecule has 152 valence electrons. The lowest BCUT2D eigenvalue weighted by Crippen LogP contribution is -2.44. The van der Waals surface area contributed by atoms with Crippen molar-refractivity contribution < 1.29 is 4.79 Å². The molecule has 0 spiro atoms. The van der Waals surface area contributed by atoms with E-state index in [0.717, 1.165) is 64.8 Å². The first-order valence-electron chi connectivity index (χ1n) is 10.8. The van der Waals surface area contributed by atoms with Gasteiger partial charge >= 0.3 is 0 Å². The molecule has 2 atom stereocenters. The highest BCUT2D eigenvalue weighted by molar-refractivity contribution is 5.98. The van der Waals surface area contributed by atoms with E-state index in [0.29, 0.717) is 18.1 Å². The number of nitrogens with one attached hydrogen (secondary N) is 2. The van der Waals surface area contributed by atoms with Gasteiger partial charge in [-0.15, -0.1) is 5.10 Å². The maximum atomic E-state index is 12.5. The molecular weight excluding hydrogens is 374 g/mol. The van der Waals surface area contributed by atoms with Gasteiger partial charge in [-0.1, -0.05) is 12.1 Å². The van der Waals surface area contributed by atoms with Crippen LogP contribution >= 0.6 is 0 Å². The second-order valence-corrected chi connectivity index (χ2v) is 8.89. The number of aryl methyl sites for hydroxylation is 1. The molecule has 3 aromatic rings. The number of amides is 1. The fourth-order valence-corrected chi connectivity index (χ4v) is 4.84. The van der Waals surface area contributed by atoms with Gasteiger partial charge in [0.1, 0.15) is 0 Å². The van der Waals surface area contributed by atoms with Crippen molar-refractivity contribution in [2.24, 2.45) is 0 Å². The van der Waals surface area contributed by atoms with Crippen molar-refractivity contribution in [2.75, 3.05) is 18.0 Å². The number of benzene rings is 2. The minimum atomic E-state index is 0.0189. The van der Waals surface area contributed by atoms with Crippen molar-refractivity contribution in [1.82, 2.24) is 20.8 Å². The lowest BCUT2D eigenvalue weighted by atomic mass is 9.96. The van der Waals surface area contributed by atoms with Gasteiger partial charge in [-0.3, -0.25) is 4.79 Å². The van der Waals surface area contributed by atoms with E-state index in [-0.39, 0.29) is 5.91 Å². The monoisotopic (exact) mass is 399 g/mol. The molecule has 2 N–H and O–H groups in total. The second kappa shape index (κ2) is 6.77. The summed E-state index contributed by atoms with van der Waals surface area (Å²) in [7, 11) is 0. The summed E-state index contributed by atoms with van der Waals surface area (Å²) in [5, 5.41) is 17.7. The summed E-state index contributed by atoms with van der Waals surface area (Å²) < 4.78 is 0. The fourth-order valence-electron chi connectivity index (χ4n) is 4.84. The number of fused-ring (bicyclic) bond motifs is 3. The molecule has 6 rings (SSSR count). The summed E-state index contributed by atoms with van der Waals surface area (Å²) in [6.07, 6.45) is 5.21. The number of rotatable bonds is 4. The van der Waals surface area contributed by atoms with Crippen molar-refractivity contribution in [3.05, 3.63) is 53.7 Å². The third kappa shape index (κ3) is 3.03. The van der Waals surface area contributed by atoms with E-state index < -0.39 is 0 Å². The predicted octanol–water partition coefficient (Wildman–Crippen LogP) is 3.05. The summed E-state index contributed by atoms with van der Waals surface area (Å²) in [5.74, 6) is 1.01. The number of carbonyl (C=O) groups excluding carboxylic acids is 1. The van der Waals surface area contributed by atoms with Crippen LogP contribution < -0.4 is 15.5 Å². The predicted molar refractivity (Wildman–Crippen MR) is 118 cm³/mol. The Morgan fingerprint density at radius 2 is 2.10 bits per heavy atom. The number of piperazine rings is 1. The van der Waals surface area contributed by atoms with Gasteiger partial charge in [0.15, 0.2) is 5.82 Å². The first-order chi connectivity index (χ1) is 14.7. The van der Waals surface area contributed by atoms with E-state index in [1.165, 1.54) is 6.42 Å². The molecule has 6 heteroatoms. The van der Waals surface area contributed by atoms with Crippen molar-refractivity contribution in [2.45, 2.75) is 44.3 Å². The van der Waals surface area contributed by atoms with Crippen LogP contribution in [0, 0.1) is 6.92 Å². The maximum absolute atomic E-state index is 12.5. The number of anilines is 1. The van der Waals surface area contributed by atoms with E-state index in [4.69, 9.17) is 0 Å². The van der Waals surface area contributed by atoms with E-state index in [9.17, 15) is 4.79 Å². The molecule has 2 saturated heterocycles. The third-order valence-electron chi connectivity index (χ3n) is 6.69. The average Bonchev–Trinajstić information content (AvgIpc) is 3.32. The molecule has 1 aromatic heterocycles. The molecular formula is C24H25N5O. The number of aromatic nitrogens is 2. The van der Waals surface area contributed by atoms with Crippen molar-refractivity contribution >= 4 is 22.5 Å². The number of hydrogen-bond donors (Lipinski definition) is 2. The Morgan fingerprint density at radius 3 is 2.87 bits per heavy atom. The van der Waals surface area contributed by atoms with Crippen LogP contribution in [0.15, 0.2) is 42.6 Å². The smallest absolute Gasteiger partial charge is 0.251 e. The summed E-state index contributed by atoms with van der Waals surface area (Å²) in [6, 6.07) is 13.9. The minimum Gasteiger partial charge on any atom is -0.349 e. The van der Waals surface area contributed by atoms with Gasteiger partial charge in [0.25, 0.3) is 5.91 Å². The summed E-state index contributed by atoms with van der Waals surface area (Å²) in [5.41, 5.74) is 4.06. The Bertz CT molecular complexity index is 1160. The Hall–Kier alpha value is -2.99. The summed E-state index contributed by atoms with van der Waals surface area (Å²) in [6.45, 7) is 4.11. The Labute approximate surface area is 175 Å². The molecule has 2 aromatic carbocycles. The van der Waals surface area contributed by atoms with Gasteiger partial charge in [0, 0.05) is 47.6 Å². The molecule has 2 unspecified atom stereocenters. The summed E-state index contributed by atoms with van der Waals surface area (Å²) in [4.78, 5) is 14.9. The van der Waals surface area contributed by atoms with Crippen LogP contribution in [0.25, 0.3) is 21.9 Å². The lowest BCUT2D eigenvalue weighted by Gasteiger charge is -2.28. The number of nitrogens with zero attached hydrogens (tertiary/aromatic N) is 3. The lowest BCUT2D eigenvalue weighted by molar-refractivity contribution is 0.0951. The molecule has 2 bridgehead atoms. The van der Waals surface area contributed by atoms with Gasteiger partial charge in [0.05, 0.1) is 6.20 Å². The van der Waals surface area contributed by atoms with Crippen LogP contribution in [0.1, 0.15) is 35.2 Å². The largest absolute Gasteiger partial charge is 0.349 e. The van der Waals surface area contributed by atoms with Crippen LogP contribution in [0.4, 0.5) is 5.82 Å². The molecule has 0 radical (unpaired) electrons. The Morgan fingerprint density at radius 1 is 1.20 bits per heavy atom. The van der Waals surface area contributed by atoms with Gasteiger partial charge in [-0.2, -0.15) is 5.10 Å². The molecule has 3 fully saturated rings. The number of hydrogen-bond acceptors (Lipinski definition) is 5. The van der Waals surface area contributed by atoms with E-state index in [1.807, 2.05) is 24.4 Å². The van der Waals surface area contributed by atoms with E-state index >= 15 is 0 Å². The molecule has 30 heavy (non-hydrogen) atoms. The van der Waals surface area contributed by atoms with Crippen molar-refractivity contribution in [1.29, 1.82) is 0 Å². The molecule has 3 heterocycles. The van der Waals surface area contributed by atoms with Crippen LogP contribution in [-0.4, -0.2) is 47.3 Å². The molecule has 1 aliphatic carbocycles. The summed E-state index contributed by atoms with van der Waals surface area (Å²) >= 11 is 0. The highest BCUT2D eigenvalue weighted by Crippen LogP contribution is 2.35. The van der Waals surface area contributed by atoms with Gasteiger partial charge in [-0.05, 0) is 67.1 Å². The molecule has 6 nitrogen and oxygen atoms in total. The molecule has 1 saturated carbocycles. The average molecular weight is 399 g/mol. The standard InChI is InChI=1S/C24H25N5O/c1-14-2-3-16(24(30)27-18-5-6-18)9-22(14)15-4-7-21-17(8-15)11-26-28-23(21)29-13-19-10-20(29)12-25-19/h2-4,7-9,11,18-20,25H,5-6,10,12-13H2,1H3,(H,27,30). The third-order valence-corrected chi connectivity index (χ3v) is 6.69. The van der Waals surface area contributed by atoms with E-state index in [2.05, 4.69) is 50.9 Å². The zero-order valence-corrected chi connectivity index (χ0v) is 17.1. The van der Waals surface area contributed by atoms with Gasteiger partial charge in [-0.25, -0.2) is 0 Å². The minimum absolute atomic E-state index is 0.0189.